The normalized spacial score (nSPS) is 13.0. The van der Waals surface area contributed by atoms with E-state index in [2.05, 4.69) is 4.98 Å². The van der Waals surface area contributed by atoms with Gasteiger partial charge in [0.25, 0.3) is 0 Å². The van der Waals surface area contributed by atoms with Gasteiger partial charge in [0.15, 0.2) is 0 Å². The number of fused-ring (bicyclic) bond motifs is 3. The molecule has 3 rings (SSSR count). The van der Waals surface area contributed by atoms with Crippen LogP contribution in [0.3, 0.4) is 0 Å². The van der Waals surface area contributed by atoms with Crippen LogP contribution >= 0.6 is 11.6 Å². The predicted molar refractivity (Wildman–Crippen MR) is 93.4 cm³/mol. The number of nitrogens with zero attached hydrogens (tertiary/aromatic N) is 1. The van der Waals surface area contributed by atoms with Crippen molar-refractivity contribution in [2.45, 2.75) is 38.9 Å². The zero-order valence-electron chi connectivity index (χ0n) is 13.6. The lowest BCUT2D eigenvalue weighted by Gasteiger charge is -2.37. The van der Waals surface area contributed by atoms with Crippen molar-refractivity contribution < 1.29 is 14.2 Å². The van der Waals surface area contributed by atoms with E-state index in [4.69, 9.17) is 20.7 Å². The van der Waals surface area contributed by atoms with E-state index in [9.17, 15) is 5.11 Å². The number of halogens is 1. The van der Waals surface area contributed by atoms with Gasteiger partial charge >= 0.3 is 7.48 Å². The van der Waals surface area contributed by atoms with E-state index in [0.717, 1.165) is 21.8 Å². The topological polar surface area (TPSA) is 55.5 Å². The van der Waals surface area contributed by atoms with E-state index >= 15 is 0 Å². The van der Waals surface area contributed by atoms with Crippen LogP contribution in [-0.2, 0) is 4.65 Å². The van der Waals surface area contributed by atoms with Crippen LogP contribution in [0.1, 0.15) is 27.7 Å². The number of para-hydroxylation sites is 1. The number of rotatable bonds is 4. The highest BCUT2D eigenvalue weighted by Crippen LogP contribution is 2.28. The maximum atomic E-state index is 10.2. The zero-order valence-corrected chi connectivity index (χ0v) is 14.3. The molecule has 0 saturated heterocycles. The molecule has 119 valence electrons. The van der Waals surface area contributed by atoms with Crippen molar-refractivity contribution in [1.29, 1.82) is 0 Å². The number of hydrogen-bond acceptors (Lipinski definition) is 4. The summed E-state index contributed by atoms with van der Waals surface area (Å²) in [5.74, 6) is 0. The van der Waals surface area contributed by atoms with Crippen LogP contribution in [0.5, 0.6) is 0 Å². The Morgan fingerprint density at radius 2 is 1.91 bits per heavy atom. The summed E-state index contributed by atoms with van der Waals surface area (Å²) >= 11 is 6.10. The van der Waals surface area contributed by atoms with E-state index < -0.39 is 11.2 Å². The molecular formula is C17H18BClNO3. The summed E-state index contributed by atoms with van der Waals surface area (Å²) in [5, 5.41) is 12.3. The van der Waals surface area contributed by atoms with Crippen molar-refractivity contribution >= 4 is 46.6 Å². The number of aromatic nitrogens is 1. The van der Waals surface area contributed by atoms with E-state index in [1.165, 1.54) is 0 Å². The van der Waals surface area contributed by atoms with Gasteiger partial charge in [0.05, 0.1) is 11.2 Å². The van der Waals surface area contributed by atoms with Gasteiger partial charge < -0.3 is 14.2 Å². The third kappa shape index (κ3) is 2.96. The Morgan fingerprint density at radius 1 is 1.22 bits per heavy atom. The molecular weight excluding hydrogens is 312 g/mol. The van der Waals surface area contributed by atoms with Crippen molar-refractivity contribution in [3.8, 4) is 0 Å². The SMILES string of the molecule is CC(C)(O)C(C)(C)O[B]c1cc(Cl)nc2oc3ccccc3c12. The van der Waals surface area contributed by atoms with Crippen molar-refractivity contribution in [2.24, 2.45) is 0 Å². The van der Waals surface area contributed by atoms with E-state index in [1.807, 2.05) is 38.1 Å². The molecule has 0 unspecified atom stereocenters. The molecule has 0 saturated carbocycles. The molecule has 1 aromatic carbocycles. The monoisotopic (exact) mass is 330 g/mol. The molecule has 2 heterocycles. The van der Waals surface area contributed by atoms with Gasteiger partial charge in [-0.2, -0.15) is 0 Å². The Bertz CT molecular complexity index is 867. The molecule has 0 aliphatic rings. The summed E-state index contributed by atoms with van der Waals surface area (Å²) in [7, 11) is 1.61. The van der Waals surface area contributed by atoms with Gasteiger partial charge in [0.2, 0.25) is 5.71 Å². The van der Waals surface area contributed by atoms with Gasteiger partial charge in [-0.1, -0.05) is 29.8 Å². The van der Waals surface area contributed by atoms with Gasteiger partial charge in [0, 0.05) is 10.8 Å². The lowest BCUT2D eigenvalue weighted by atomic mass is 9.81. The first-order valence-electron chi connectivity index (χ1n) is 7.40. The van der Waals surface area contributed by atoms with Crippen molar-refractivity contribution in [3.63, 3.8) is 0 Å². The fraction of sp³-hybridized carbons (Fsp3) is 0.353. The Balaban J connectivity index is 2.07. The van der Waals surface area contributed by atoms with Gasteiger partial charge in [-0.3, -0.25) is 0 Å². The van der Waals surface area contributed by atoms with Gasteiger partial charge in [-0.25, -0.2) is 4.98 Å². The Hall–Kier alpha value is -1.56. The smallest absolute Gasteiger partial charge is 0.331 e. The molecule has 2 aromatic heterocycles. The average molecular weight is 331 g/mol. The van der Waals surface area contributed by atoms with Crippen molar-refractivity contribution in [2.75, 3.05) is 0 Å². The minimum Gasteiger partial charge on any atom is -0.438 e. The fourth-order valence-corrected chi connectivity index (χ4v) is 2.36. The Morgan fingerprint density at radius 3 is 2.61 bits per heavy atom. The third-order valence-corrected chi connectivity index (χ3v) is 4.50. The summed E-state index contributed by atoms with van der Waals surface area (Å²) in [6.07, 6.45) is 0. The summed E-state index contributed by atoms with van der Waals surface area (Å²) in [6.45, 7) is 7.08. The van der Waals surface area contributed by atoms with Crippen LogP contribution in [0.25, 0.3) is 22.1 Å². The molecule has 0 aliphatic heterocycles. The van der Waals surface area contributed by atoms with Crippen LogP contribution in [0.2, 0.25) is 5.15 Å². The molecule has 23 heavy (non-hydrogen) atoms. The highest BCUT2D eigenvalue weighted by atomic mass is 35.5. The number of benzene rings is 1. The lowest BCUT2D eigenvalue weighted by molar-refractivity contribution is -0.0893. The number of aliphatic hydroxyl groups is 1. The first-order chi connectivity index (χ1) is 10.7. The molecule has 4 nitrogen and oxygen atoms in total. The fourth-order valence-electron chi connectivity index (χ4n) is 2.17. The minimum absolute atomic E-state index is 0.326. The number of pyridine rings is 1. The van der Waals surface area contributed by atoms with Gasteiger partial charge in [-0.15, -0.1) is 0 Å². The third-order valence-electron chi connectivity index (χ3n) is 4.30. The van der Waals surface area contributed by atoms with E-state index in [-0.39, 0.29) is 0 Å². The lowest BCUT2D eigenvalue weighted by Crippen LogP contribution is -2.49. The standard InChI is InChI=1S/C17H18BClNO3/c1-16(2,21)17(3,4)23-18-11-9-13(19)20-15-14(11)10-7-5-6-8-12(10)22-15/h5-9,21H,1-4H3. The quantitative estimate of drug-likeness (QED) is 0.588. The Labute approximate surface area is 140 Å². The van der Waals surface area contributed by atoms with Crippen molar-refractivity contribution in [1.82, 2.24) is 4.98 Å². The molecule has 1 N–H and O–H groups in total. The number of furan rings is 1. The predicted octanol–water partition coefficient (Wildman–Crippen LogP) is 3.45. The summed E-state index contributed by atoms with van der Waals surface area (Å²) in [5.41, 5.74) is 0.206. The summed E-state index contributed by atoms with van der Waals surface area (Å²) in [6, 6.07) is 9.43. The summed E-state index contributed by atoms with van der Waals surface area (Å²) in [4.78, 5) is 4.24. The summed E-state index contributed by atoms with van der Waals surface area (Å²) < 4.78 is 11.6. The molecule has 1 radical (unpaired) electrons. The maximum Gasteiger partial charge on any atom is 0.331 e. The van der Waals surface area contributed by atoms with E-state index in [0.29, 0.717) is 10.9 Å². The van der Waals surface area contributed by atoms with Crippen LogP contribution < -0.4 is 5.46 Å². The molecule has 0 bridgehead atoms. The molecule has 0 amide bonds. The number of hydrogen-bond donors (Lipinski definition) is 1. The molecule has 0 aliphatic carbocycles. The van der Waals surface area contributed by atoms with Crippen LogP contribution in [-0.4, -0.2) is 28.8 Å². The van der Waals surface area contributed by atoms with Crippen LogP contribution in [0.4, 0.5) is 0 Å². The Kier molecular flexibility index (Phi) is 3.91. The maximum absolute atomic E-state index is 10.2. The average Bonchev–Trinajstić information content (AvgIpc) is 2.81. The molecule has 0 fully saturated rings. The van der Waals surface area contributed by atoms with Gasteiger partial charge in [-0.05, 0) is 45.3 Å². The minimum atomic E-state index is -1.00. The first-order valence-corrected chi connectivity index (χ1v) is 7.78. The second-order valence-corrected chi connectivity index (χ2v) is 7.00. The van der Waals surface area contributed by atoms with Gasteiger partial charge in [0.1, 0.15) is 10.7 Å². The molecule has 3 aromatic rings. The zero-order chi connectivity index (χ0) is 16.8. The highest BCUT2D eigenvalue weighted by molar-refractivity contribution is 6.53. The van der Waals surface area contributed by atoms with Crippen LogP contribution in [0, 0.1) is 0 Å². The molecule has 0 spiro atoms. The van der Waals surface area contributed by atoms with E-state index in [1.54, 1.807) is 27.4 Å². The second kappa shape index (κ2) is 5.51. The molecule has 0 atom stereocenters. The first kappa shape index (κ1) is 16.3. The van der Waals surface area contributed by atoms with Crippen molar-refractivity contribution in [3.05, 3.63) is 35.5 Å². The highest BCUT2D eigenvalue weighted by Gasteiger charge is 2.36. The molecule has 6 heteroatoms. The largest absolute Gasteiger partial charge is 0.438 e. The second-order valence-electron chi connectivity index (χ2n) is 6.62. The van der Waals surface area contributed by atoms with Crippen LogP contribution in [0.15, 0.2) is 34.7 Å².